The predicted molar refractivity (Wildman–Crippen MR) is 64.4 cm³/mol. The average Bonchev–Trinajstić information content (AvgIpc) is 2.37. The fourth-order valence-corrected chi connectivity index (χ4v) is 3.27. The van der Waals surface area contributed by atoms with Crippen LogP contribution in [-0.4, -0.2) is 49.2 Å². The Labute approximate surface area is 114 Å². The van der Waals surface area contributed by atoms with Crippen molar-refractivity contribution in [3.63, 3.8) is 0 Å². The molecule has 1 aromatic carbocycles. The lowest BCUT2D eigenvalue weighted by Crippen LogP contribution is -2.36. The monoisotopic (exact) mass is 313 g/mol. The zero-order valence-corrected chi connectivity index (χ0v) is 11.2. The number of nitrogens with zero attached hydrogens (tertiary/aromatic N) is 1. The lowest BCUT2D eigenvalue weighted by molar-refractivity contribution is -0.139. The van der Waals surface area contributed by atoms with E-state index in [0.29, 0.717) is 10.4 Å². The van der Waals surface area contributed by atoms with Crippen LogP contribution in [0.4, 0.5) is 13.2 Å². The predicted octanol–water partition coefficient (Wildman–Crippen LogP) is 0.681. The Morgan fingerprint density at radius 1 is 1.05 bits per heavy atom. The van der Waals surface area contributed by atoms with Gasteiger partial charge in [-0.15, -0.1) is 0 Å². The Kier molecular flexibility index (Phi) is 5.51. The average molecular weight is 313 g/mol. The van der Waals surface area contributed by atoms with Crippen molar-refractivity contribution in [2.45, 2.75) is 11.1 Å². The minimum Gasteiger partial charge on any atom is -0.395 e. The van der Waals surface area contributed by atoms with Crippen molar-refractivity contribution in [2.24, 2.45) is 0 Å². The van der Waals surface area contributed by atoms with Crippen LogP contribution in [0.3, 0.4) is 0 Å². The van der Waals surface area contributed by atoms with Gasteiger partial charge in [-0.2, -0.15) is 17.5 Å². The van der Waals surface area contributed by atoms with Crippen LogP contribution in [-0.2, 0) is 16.2 Å². The van der Waals surface area contributed by atoms with Gasteiger partial charge in [-0.3, -0.25) is 0 Å². The molecule has 0 heterocycles. The van der Waals surface area contributed by atoms with Gasteiger partial charge in [0.2, 0.25) is 10.0 Å². The summed E-state index contributed by atoms with van der Waals surface area (Å²) in [5, 5.41) is 17.6. The van der Waals surface area contributed by atoms with Gasteiger partial charge in [-0.25, -0.2) is 8.42 Å². The molecule has 9 heteroatoms. The standard InChI is InChI=1S/C11H14F3NO4S/c12-11(13,14)9-3-1-2-4-10(9)20(18,19)15(5-7-16)6-8-17/h1-4,16-17H,5-8H2. The van der Waals surface area contributed by atoms with Crippen molar-refractivity contribution < 1.29 is 31.8 Å². The second kappa shape index (κ2) is 6.53. The summed E-state index contributed by atoms with van der Waals surface area (Å²) in [5.74, 6) is 0. The first-order valence-electron chi connectivity index (χ1n) is 5.63. The van der Waals surface area contributed by atoms with E-state index in [0.717, 1.165) is 12.1 Å². The molecule has 20 heavy (non-hydrogen) atoms. The summed E-state index contributed by atoms with van der Waals surface area (Å²) in [5.41, 5.74) is -1.28. The molecule has 5 nitrogen and oxygen atoms in total. The van der Waals surface area contributed by atoms with Crippen LogP contribution in [0.15, 0.2) is 29.2 Å². The fraction of sp³-hybridized carbons (Fsp3) is 0.455. The van der Waals surface area contributed by atoms with Crippen LogP contribution in [0, 0.1) is 0 Å². The summed E-state index contributed by atoms with van der Waals surface area (Å²) in [4.78, 5) is -0.894. The Hall–Kier alpha value is -1.16. The van der Waals surface area contributed by atoms with Gasteiger partial charge in [0.1, 0.15) is 0 Å². The van der Waals surface area contributed by atoms with Gasteiger partial charge in [0, 0.05) is 13.1 Å². The summed E-state index contributed by atoms with van der Waals surface area (Å²) < 4.78 is 63.5. The van der Waals surface area contributed by atoms with E-state index >= 15 is 0 Å². The van der Waals surface area contributed by atoms with E-state index in [-0.39, 0.29) is 0 Å². The molecule has 1 aromatic rings. The molecule has 0 saturated heterocycles. The number of aliphatic hydroxyl groups excluding tert-OH is 2. The second-order valence-electron chi connectivity index (χ2n) is 3.85. The maximum absolute atomic E-state index is 12.8. The van der Waals surface area contributed by atoms with Crippen molar-refractivity contribution in [1.29, 1.82) is 0 Å². The van der Waals surface area contributed by atoms with E-state index < -0.39 is 53.0 Å². The molecule has 114 valence electrons. The minimum atomic E-state index is -4.81. The molecule has 0 aliphatic carbocycles. The molecule has 0 aromatic heterocycles. The SMILES string of the molecule is O=S(=O)(c1ccccc1C(F)(F)F)N(CCO)CCO. The van der Waals surface area contributed by atoms with Crippen molar-refractivity contribution in [1.82, 2.24) is 4.31 Å². The van der Waals surface area contributed by atoms with Gasteiger partial charge in [0.15, 0.2) is 0 Å². The third-order valence-electron chi connectivity index (χ3n) is 2.51. The maximum Gasteiger partial charge on any atom is 0.417 e. The molecular formula is C11H14F3NO4S. The molecule has 0 bridgehead atoms. The molecule has 0 aliphatic rings. The highest BCUT2D eigenvalue weighted by atomic mass is 32.2. The molecule has 2 N–H and O–H groups in total. The number of aliphatic hydroxyl groups is 2. The summed E-state index contributed by atoms with van der Waals surface area (Å²) in [6, 6.07) is 3.78. The largest absolute Gasteiger partial charge is 0.417 e. The first-order valence-corrected chi connectivity index (χ1v) is 7.07. The number of hydrogen-bond donors (Lipinski definition) is 2. The van der Waals surface area contributed by atoms with E-state index in [2.05, 4.69) is 0 Å². The first kappa shape index (κ1) is 16.9. The Morgan fingerprint density at radius 2 is 1.55 bits per heavy atom. The van der Waals surface area contributed by atoms with Crippen LogP contribution in [0.1, 0.15) is 5.56 Å². The van der Waals surface area contributed by atoms with Crippen LogP contribution in [0.2, 0.25) is 0 Å². The van der Waals surface area contributed by atoms with Crippen molar-refractivity contribution in [3.8, 4) is 0 Å². The number of hydrogen-bond acceptors (Lipinski definition) is 4. The molecule has 0 aliphatic heterocycles. The molecule has 0 saturated carbocycles. The summed E-state index contributed by atoms with van der Waals surface area (Å²) >= 11 is 0. The third kappa shape index (κ3) is 3.69. The van der Waals surface area contributed by atoms with E-state index in [1.807, 2.05) is 0 Å². The molecule has 0 atom stereocenters. The number of benzene rings is 1. The lowest BCUT2D eigenvalue weighted by atomic mass is 10.2. The Balaban J connectivity index is 3.34. The van der Waals surface area contributed by atoms with Crippen molar-refractivity contribution in [3.05, 3.63) is 29.8 Å². The highest BCUT2D eigenvalue weighted by molar-refractivity contribution is 7.89. The van der Waals surface area contributed by atoms with E-state index in [9.17, 15) is 21.6 Å². The molecule has 0 radical (unpaired) electrons. The van der Waals surface area contributed by atoms with Crippen LogP contribution in [0.25, 0.3) is 0 Å². The van der Waals surface area contributed by atoms with Crippen LogP contribution < -0.4 is 0 Å². The molecular weight excluding hydrogens is 299 g/mol. The number of rotatable bonds is 6. The molecule has 0 unspecified atom stereocenters. The first-order chi connectivity index (χ1) is 9.25. The summed E-state index contributed by atoms with van der Waals surface area (Å²) in [6.45, 7) is -1.91. The molecule has 0 fully saturated rings. The van der Waals surface area contributed by atoms with Gasteiger partial charge < -0.3 is 10.2 Å². The normalized spacial score (nSPS) is 12.9. The zero-order chi connectivity index (χ0) is 15.4. The van der Waals surface area contributed by atoms with E-state index in [1.165, 1.54) is 6.07 Å². The summed E-state index contributed by atoms with van der Waals surface area (Å²) in [7, 11) is -4.45. The highest BCUT2D eigenvalue weighted by Gasteiger charge is 2.38. The smallest absolute Gasteiger partial charge is 0.395 e. The van der Waals surface area contributed by atoms with Gasteiger partial charge >= 0.3 is 6.18 Å². The molecule has 0 amide bonds. The number of alkyl halides is 3. The zero-order valence-electron chi connectivity index (χ0n) is 10.3. The third-order valence-corrected chi connectivity index (χ3v) is 4.47. The number of halogens is 3. The van der Waals surface area contributed by atoms with Gasteiger partial charge in [-0.1, -0.05) is 12.1 Å². The Bertz CT molecular complexity index is 539. The van der Waals surface area contributed by atoms with E-state index in [4.69, 9.17) is 10.2 Å². The lowest BCUT2D eigenvalue weighted by Gasteiger charge is -2.22. The number of sulfonamides is 1. The molecule has 1 rings (SSSR count). The quantitative estimate of drug-likeness (QED) is 0.810. The van der Waals surface area contributed by atoms with E-state index in [1.54, 1.807) is 0 Å². The van der Waals surface area contributed by atoms with Gasteiger partial charge in [0.05, 0.1) is 23.7 Å². The topological polar surface area (TPSA) is 77.8 Å². The van der Waals surface area contributed by atoms with Gasteiger partial charge in [0.25, 0.3) is 0 Å². The fourth-order valence-electron chi connectivity index (χ4n) is 1.64. The maximum atomic E-state index is 12.8. The molecule has 0 spiro atoms. The Morgan fingerprint density at radius 3 is 2.00 bits per heavy atom. The van der Waals surface area contributed by atoms with Crippen molar-refractivity contribution >= 4 is 10.0 Å². The van der Waals surface area contributed by atoms with Crippen LogP contribution >= 0.6 is 0 Å². The second-order valence-corrected chi connectivity index (χ2v) is 5.75. The van der Waals surface area contributed by atoms with Gasteiger partial charge in [-0.05, 0) is 12.1 Å². The van der Waals surface area contributed by atoms with Crippen molar-refractivity contribution in [2.75, 3.05) is 26.3 Å². The summed E-state index contributed by atoms with van der Waals surface area (Å²) in [6.07, 6.45) is -4.81. The minimum absolute atomic E-state index is 0.394. The van der Waals surface area contributed by atoms with Crippen LogP contribution in [0.5, 0.6) is 0 Å². The highest BCUT2D eigenvalue weighted by Crippen LogP contribution is 2.34.